The molecule has 0 saturated carbocycles. The summed E-state index contributed by atoms with van der Waals surface area (Å²) in [5.41, 5.74) is 0.738. The molecule has 1 aliphatic rings. The van der Waals surface area contributed by atoms with Gasteiger partial charge in [0, 0.05) is 30.7 Å². The molecule has 1 aromatic carbocycles. The van der Waals surface area contributed by atoms with Crippen LogP contribution in [0.2, 0.25) is 5.02 Å². The van der Waals surface area contributed by atoms with Gasteiger partial charge in [0.05, 0.1) is 0 Å². The lowest BCUT2D eigenvalue weighted by Gasteiger charge is -2.31. The molecule has 0 aromatic heterocycles. The van der Waals surface area contributed by atoms with Crippen LogP contribution in [0.15, 0.2) is 30.3 Å². The van der Waals surface area contributed by atoms with E-state index in [0.717, 1.165) is 5.56 Å². The van der Waals surface area contributed by atoms with E-state index in [1.165, 1.54) is 6.08 Å². The van der Waals surface area contributed by atoms with Crippen LogP contribution >= 0.6 is 11.6 Å². The number of carbonyl (C=O) groups is 2. The van der Waals surface area contributed by atoms with Gasteiger partial charge < -0.3 is 10.2 Å². The Morgan fingerprint density at radius 3 is 2.48 bits per heavy atom. The molecule has 2 amide bonds. The van der Waals surface area contributed by atoms with Gasteiger partial charge in [-0.2, -0.15) is 13.2 Å². The van der Waals surface area contributed by atoms with E-state index in [0.29, 0.717) is 31.0 Å². The number of amides is 2. The predicted octanol–water partition coefficient (Wildman–Crippen LogP) is 3.27. The van der Waals surface area contributed by atoms with Crippen LogP contribution in [-0.4, -0.2) is 42.5 Å². The van der Waals surface area contributed by atoms with Crippen molar-refractivity contribution in [1.82, 2.24) is 10.2 Å². The van der Waals surface area contributed by atoms with Crippen molar-refractivity contribution >= 4 is 29.5 Å². The Kier molecular flexibility index (Phi) is 6.47. The van der Waals surface area contributed by atoms with Crippen LogP contribution < -0.4 is 5.32 Å². The number of halogens is 4. The summed E-state index contributed by atoms with van der Waals surface area (Å²) in [6.07, 6.45) is -0.693. The Balaban J connectivity index is 1.79. The normalized spacial score (nSPS) is 16.2. The van der Waals surface area contributed by atoms with Crippen LogP contribution in [-0.2, 0) is 9.59 Å². The fraction of sp³-hybridized carbons (Fsp3) is 0.412. The molecule has 25 heavy (non-hydrogen) atoms. The Labute approximate surface area is 148 Å². The largest absolute Gasteiger partial charge is 0.471 e. The molecule has 0 unspecified atom stereocenters. The fourth-order valence-corrected chi connectivity index (χ4v) is 2.77. The molecule has 0 radical (unpaired) electrons. The summed E-state index contributed by atoms with van der Waals surface area (Å²) in [6.45, 7) is 0.854. The molecule has 0 aliphatic carbocycles. The second-order valence-corrected chi connectivity index (χ2v) is 6.24. The van der Waals surface area contributed by atoms with Crippen molar-refractivity contribution < 1.29 is 22.8 Å². The first kappa shape index (κ1) is 19.3. The molecule has 136 valence electrons. The van der Waals surface area contributed by atoms with E-state index < -0.39 is 12.1 Å². The SMILES string of the molecule is O=C(/C=C/c1ccccc1Cl)N1CCC(CNC(=O)C(F)(F)F)CC1. The van der Waals surface area contributed by atoms with Gasteiger partial charge in [-0.3, -0.25) is 9.59 Å². The average molecular weight is 375 g/mol. The fourth-order valence-electron chi connectivity index (χ4n) is 2.57. The molecular weight excluding hydrogens is 357 g/mol. The van der Waals surface area contributed by atoms with Gasteiger partial charge in [-0.25, -0.2) is 0 Å². The molecular formula is C17H18ClF3N2O2. The minimum absolute atomic E-state index is 0.0319. The van der Waals surface area contributed by atoms with Crippen LogP contribution in [0, 0.1) is 5.92 Å². The Morgan fingerprint density at radius 2 is 1.88 bits per heavy atom. The smallest absolute Gasteiger partial charge is 0.348 e. The van der Waals surface area contributed by atoms with Gasteiger partial charge in [-0.1, -0.05) is 29.8 Å². The molecule has 0 bridgehead atoms. The zero-order valence-corrected chi connectivity index (χ0v) is 14.1. The average Bonchev–Trinajstić information content (AvgIpc) is 2.58. The number of hydrogen-bond donors (Lipinski definition) is 1. The van der Waals surface area contributed by atoms with Crippen molar-refractivity contribution in [3.63, 3.8) is 0 Å². The van der Waals surface area contributed by atoms with E-state index in [9.17, 15) is 22.8 Å². The number of rotatable bonds is 4. The molecule has 1 aliphatic heterocycles. The second kappa shape index (κ2) is 8.38. The summed E-state index contributed by atoms with van der Waals surface area (Å²) < 4.78 is 36.4. The highest BCUT2D eigenvalue weighted by molar-refractivity contribution is 6.32. The highest BCUT2D eigenvalue weighted by Gasteiger charge is 2.38. The summed E-state index contributed by atoms with van der Waals surface area (Å²) in [5, 5.41) is 2.44. The Morgan fingerprint density at radius 1 is 1.24 bits per heavy atom. The van der Waals surface area contributed by atoms with Gasteiger partial charge in [0.25, 0.3) is 0 Å². The van der Waals surface area contributed by atoms with Gasteiger partial charge in [0.15, 0.2) is 0 Å². The molecule has 1 saturated heterocycles. The lowest BCUT2D eigenvalue weighted by atomic mass is 9.96. The minimum atomic E-state index is -4.86. The van der Waals surface area contributed by atoms with Crippen LogP contribution in [0.25, 0.3) is 6.08 Å². The lowest BCUT2D eigenvalue weighted by Crippen LogP contribution is -2.43. The molecule has 8 heteroatoms. The maximum Gasteiger partial charge on any atom is 0.471 e. The highest BCUT2D eigenvalue weighted by Crippen LogP contribution is 2.20. The molecule has 2 rings (SSSR count). The van der Waals surface area contributed by atoms with Crippen molar-refractivity contribution in [3.8, 4) is 0 Å². The van der Waals surface area contributed by atoms with Gasteiger partial charge in [-0.15, -0.1) is 0 Å². The van der Waals surface area contributed by atoms with E-state index in [1.807, 2.05) is 11.4 Å². The molecule has 1 heterocycles. The molecule has 0 spiro atoms. The summed E-state index contributed by atoms with van der Waals surface area (Å²) in [6, 6.07) is 7.13. The summed E-state index contributed by atoms with van der Waals surface area (Å²) in [7, 11) is 0. The van der Waals surface area contributed by atoms with Gasteiger partial charge in [-0.05, 0) is 36.5 Å². The number of piperidine rings is 1. The third kappa shape index (κ3) is 5.77. The number of likely N-dealkylation sites (tertiary alicyclic amines) is 1. The summed E-state index contributed by atoms with van der Waals surface area (Å²) in [5.74, 6) is -2.16. The number of alkyl halides is 3. The van der Waals surface area contributed by atoms with E-state index >= 15 is 0 Å². The first-order valence-corrected chi connectivity index (χ1v) is 8.21. The van der Waals surface area contributed by atoms with Crippen LogP contribution in [0.1, 0.15) is 18.4 Å². The van der Waals surface area contributed by atoms with Crippen LogP contribution in [0.5, 0.6) is 0 Å². The molecule has 0 atom stereocenters. The van der Waals surface area contributed by atoms with E-state index in [2.05, 4.69) is 0 Å². The second-order valence-electron chi connectivity index (χ2n) is 5.83. The highest BCUT2D eigenvalue weighted by atomic mass is 35.5. The summed E-state index contributed by atoms with van der Waals surface area (Å²) >= 11 is 6.01. The van der Waals surface area contributed by atoms with Crippen molar-refractivity contribution in [2.75, 3.05) is 19.6 Å². The molecule has 1 N–H and O–H groups in total. The third-order valence-corrected chi connectivity index (χ3v) is 4.39. The van der Waals surface area contributed by atoms with Crippen molar-refractivity contribution in [3.05, 3.63) is 40.9 Å². The van der Waals surface area contributed by atoms with Crippen LogP contribution in [0.4, 0.5) is 13.2 Å². The first-order valence-electron chi connectivity index (χ1n) is 7.84. The zero-order valence-electron chi connectivity index (χ0n) is 13.4. The molecule has 4 nitrogen and oxygen atoms in total. The number of carbonyl (C=O) groups excluding carboxylic acids is 2. The number of nitrogens with zero attached hydrogens (tertiary/aromatic N) is 1. The van der Waals surface area contributed by atoms with Crippen LogP contribution in [0.3, 0.4) is 0 Å². The Hall–Kier alpha value is -2.02. The molecule has 1 aromatic rings. The van der Waals surface area contributed by atoms with E-state index in [1.54, 1.807) is 29.2 Å². The zero-order chi connectivity index (χ0) is 18.4. The Bertz CT molecular complexity index is 654. The predicted molar refractivity (Wildman–Crippen MR) is 88.9 cm³/mol. The third-order valence-electron chi connectivity index (χ3n) is 4.05. The standard InChI is InChI=1S/C17H18ClF3N2O2/c18-14-4-2-1-3-13(14)5-6-15(24)23-9-7-12(8-10-23)11-22-16(25)17(19,20)21/h1-6,12H,7-11H2,(H,22,25)/b6-5+. The maximum absolute atomic E-state index is 12.2. The summed E-state index contributed by atoms with van der Waals surface area (Å²) in [4.78, 5) is 24.6. The minimum Gasteiger partial charge on any atom is -0.348 e. The van der Waals surface area contributed by atoms with Gasteiger partial charge >= 0.3 is 12.1 Å². The van der Waals surface area contributed by atoms with E-state index in [4.69, 9.17) is 11.6 Å². The topological polar surface area (TPSA) is 49.4 Å². The van der Waals surface area contributed by atoms with Crippen molar-refractivity contribution in [2.24, 2.45) is 5.92 Å². The monoisotopic (exact) mass is 374 g/mol. The van der Waals surface area contributed by atoms with Crippen molar-refractivity contribution in [2.45, 2.75) is 19.0 Å². The lowest BCUT2D eigenvalue weighted by molar-refractivity contribution is -0.173. The number of benzene rings is 1. The quantitative estimate of drug-likeness (QED) is 0.822. The van der Waals surface area contributed by atoms with Gasteiger partial charge in [0.1, 0.15) is 0 Å². The number of nitrogens with one attached hydrogen (secondary N) is 1. The maximum atomic E-state index is 12.2. The first-order chi connectivity index (χ1) is 11.8. The van der Waals surface area contributed by atoms with Crippen molar-refractivity contribution in [1.29, 1.82) is 0 Å². The molecule has 1 fully saturated rings. The van der Waals surface area contributed by atoms with Gasteiger partial charge in [0.2, 0.25) is 5.91 Å². The van der Waals surface area contributed by atoms with E-state index in [-0.39, 0.29) is 18.4 Å². The number of hydrogen-bond acceptors (Lipinski definition) is 2.